The average molecular weight is 880 g/mol. The Labute approximate surface area is 375 Å². The Morgan fingerprint density at radius 2 is 0.968 bits per heavy atom. The quantitative estimate of drug-likeness (QED) is 0.0931. The van der Waals surface area contributed by atoms with Gasteiger partial charge in [-0.05, 0) is 111 Å². The van der Waals surface area contributed by atoms with Gasteiger partial charge in [-0.2, -0.15) is 0 Å². The van der Waals surface area contributed by atoms with Gasteiger partial charge in [0.05, 0.1) is 25.3 Å². The van der Waals surface area contributed by atoms with Crippen molar-refractivity contribution in [1.29, 1.82) is 0 Å². The molecule has 0 aliphatic heterocycles. The third-order valence-corrected chi connectivity index (χ3v) is 11.2. The number of anilines is 2. The molecule has 8 aromatic rings. The van der Waals surface area contributed by atoms with E-state index in [-0.39, 0.29) is 0 Å². The number of para-hydroxylation sites is 1. The fourth-order valence-corrected chi connectivity index (χ4v) is 7.79. The van der Waals surface area contributed by atoms with Crippen LogP contribution in [0.2, 0.25) is 10.0 Å². The van der Waals surface area contributed by atoms with Gasteiger partial charge in [0.15, 0.2) is 0 Å². The standard InChI is InChI=1S/C26H23ClN2O4.C25H21ClN2O2/c1-16-24(25(30)26(31)28-19-5-4-6-20(13-19)32-2)22-14-21(33-3)11-12-23(22)29(16)15-17-7-9-18(27)10-8-17;1-16-8-13-22-21(14-16)23(24(29)25(30)27-20-6-4-3-5-7-20)17(2)28(22)15-18-9-11-19(26)12-10-18/h4-14H,15H2,1-3H3,(H,28,31);3-14H,15H2,1-2H3,(H,27,30). The van der Waals surface area contributed by atoms with Crippen LogP contribution in [-0.4, -0.2) is 46.7 Å². The van der Waals surface area contributed by atoms with Crippen LogP contribution in [0.1, 0.15) is 48.8 Å². The summed E-state index contributed by atoms with van der Waals surface area (Å²) in [5, 5.41) is 8.16. The molecular formula is C51H44Cl2N4O6. The number of benzene rings is 6. The van der Waals surface area contributed by atoms with Crippen molar-refractivity contribution >= 4 is 79.8 Å². The van der Waals surface area contributed by atoms with Crippen LogP contribution in [0.5, 0.6) is 11.5 Å². The number of halogens is 2. The van der Waals surface area contributed by atoms with Crippen LogP contribution in [0.3, 0.4) is 0 Å². The van der Waals surface area contributed by atoms with E-state index in [1.54, 1.807) is 56.7 Å². The average Bonchev–Trinajstić information content (AvgIpc) is 3.71. The third-order valence-electron chi connectivity index (χ3n) is 10.7. The fourth-order valence-electron chi connectivity index (χ4n) is 7.53. The Hall–Kier alpha value is -7.14. The summed E-state index contributed by atoms with van der Waals surface area (Å²) in [5.41, 5.74) is 8.19. The lowest BCUT2D eigenvalue weighted by atomic mass is 10.0. The monoisotopic (exact) mass is 878 g/mol. The largest absolute Gasteiger partial charge is 0.497 e. The van der Waals surface area contributed by atoms with E-state index in [1.807, 2.05) is 122 Å². The fraction of sp³-hybridized carbons (Fsp3) is 0.137. The summed E-state index contributed by atoms with van der Waals surface area (Å²) in [4.78, 5) is 52.1. The maximum atomic E-state index is 13.3. The summed E-state index contributed by atoms with van der Waals surface area (Å²) in [6.45, 7) is 6.80. The molecule has 0 aliphatic rings. The number of methoxy groups -OCH3 is 2. The van der Waals surface area contributed by atoms with Gasteiger partial charge in [-0.25, -0.2) is 0 Å². The predicted octanol–water partition coefficient (Wildman–Crippen LogP) is 11.3. The molecular weight excluding hydrogens is 835 g/mol. The Morgan fingerprint density at radius 3 is 1.49 bits per heavy atom. The van der Waals surface area contributed by atoms with Gasteiger partial charge in [0.1, 0.15) is 11.5 Å². The number of hydrogen-bond donors (Lipinski definition) is 2. The summed E-state index contributed by atoms with van der Waals surface area (Å²) in [6, 6.07) is 42.5. The molecule has 0 radical (unpaired) electrons. The van der Waals surface area contributed by atoms with E-state index in [4.69, 9.17) is 32.7 Å². The summed E-state index contributed by atoms with van der Waals surface area (Å²) in [5.74, 6) is -1.34. The first-order valence-electron chi connectivity index (χ1n) is 20.0. The van der Waals surface area contributed by atoms with Crippen molar-refractivity contribution in [3.8, 4) is 11.5 Å². The molecule has 2 N–H and O–H groups in total. The van der Waals surface area contributed by atoms with Crippen molar-refractivity contribution < 1.29 is 28.7 Å². The molecule has 2 heterocycles. The Kier molecular flexibility index (Phi) is 13.4. The Bertz CT molecular complexity index is 2990. The van der Waals surface area contributed by atoms with E-state index >= 15 is 0 Å². The second-order valence-corrected chi connectivity index (χ2v) is 15.8. The normalized spacial score (nSPS) is 10.8. The number of aromatic nitrogens is 2. The zero-order valence-corrected chi connectivity index (χ0v) is 36.8. The van der Waals surface area contributed by atoms with Crippen LogP contribution in [0.25, 0.3) is 21.8 Å². The van der Waals surface area contributed by atoms with Gasteiger partial charge in [0.2, 0.25) is 0 Å². The molecule has 63 heavy (non-hydrogen) atoms. The summed E-state index contributed by atoms with van der Waals surface area (Å²) in [7, 11) is 3.11. The zero-order valence-electron chi connectivity index (χ0n) is 35.3. The minimum atomic E-state index is -0.722. The van der Waals surface area contributed by atoms with Gasteiger partial charge in [-0.3, -0.25) is 19.2 Å². The predicted molar refractivity (Wildman–Crippen MR) is 251 cm³/mol. The van der Waals surface area contributed by atoms with Crippen LogP contribution in [0.4, 0.5) is 11.4 Å². The highest BCUT2D eigenvalue weighted by Gasteiger charge is 2.27. The van der Waals surface area contributed by atoms with Crippen molar-refractivity contribution in [3.05, 3.63) is 189 Å². The van der Waals surface area contributed by atoms with Gasteiger partial charge < -0.3 is 29.2 Å². The van der Waals surface area contributed by atoms with Gasteiger partial charge in [-0.1, -0.05) is 83.4 Å². The Morgan fingerprint density at radius 1 is 0.508 bits per heavy atom. The Balaban J connectivity index is 0.000000190. The first kappa shape index (κ1) is 43.9. The van der Waals surface area contributed by atoms with Crippen LogP contribution >= 0.6 is 23.2 Å². The van der Waals surface area contributed by atoms with Crippen molar-refractivity contribution in [1.82, 2.24) is 9.13 Å². The number of amides is 2. The molecule has 0 bridgehead atoms. The lowest BCUT2D eigenvalue weighted by Gasteiger charge is -2.10. The number of nitrogens with one attached hydrogen (secondary N) is 2. The SMILES string of the molecule is COc1cccc(NC(=O)C(=O)c2c(C)n(Cc3ccc(Cl)cc3)c3ccc(OC)cc23)c1.Cc1ccc2c(c1)c(C(=O)C(=O)Nc1ccccc1)c(C)n2Cc1ccc(Cl)cc1. The van der Waals surface area contributed by atoms with Crippen LogP contribution < -0.4 is 20.1 Å². The number of ketones is 2. The molecule has 0 aliphatic carbocycles. The molecule has 318 valence electrons. The molecule has 8 rings (SSSR count). The van der Waals surface area contributed by atoms with Crippen LogP contribution in [-0.2, 0) is 22.7 Å². The molecule has 10 nitrogen and oxygen atoms in total. The minimum absolute atomic E-state index is 0.346. The molecule has 0 spiro atoms. The molecule has 0 saturated heterocycles. The lowest BCUT2D eigenvalue weighted by molar-refractivity contribution is -0.113. The van der Waals surface area contributed by atoms with Crippen LogP contribution in [0, 0.1) is 20.8 Å². The third kappa shape index (κ3) is 9.83. The van der Waals surface area contributed by atoms with Gasteiger partial charge >= 0.3 is 0 Å². The maximum Gasteiger partial charge on any atom is 0.296 e. The second kappa shape index (κ2) is 19.3. The van der Waals surface area contributed by atoms with Crippen molar-refractivity contribution in [2.24, 2.45) is 0 Å². The molecule has 6 aromatic carbocycles. The first-order valence-corrected chi connectivity index (χ1v) is 20.8. The number of carbonyl (C=O) groups excluding carboxylic acids is 4. The highest BCUT2D eigenvalue weighted by Crippen LogP contribution is 2.32. The zero-order chi connectivity index (χ0) is 44.8. The van der Waals surface area contributed by atoms with Gasteiger partial charge in [0.25, 0.3) is 23.4 Å². The number of Topliss-reactive ketones (excluding diaryl/α,β-unsaturated/α-hetero) is 2. The van der Waals surface area contributed by atoms with Crippen molar-refractivity contribution in [2.45, 2.75) is 33.9 Å². The molecule has 0 unspecified atom stereocenters. The number of aryl methyl sites for hydroxylation is 1. The van der Waals surface area contributed by atoms with E-state index in [2.05, 4.69) is 15.2 Å². The molecule has 2 amide bonds. The number of rotatable bonds is 12. The van der Waals surface area contributed by atoms with Crippen LogP contribution in [0.15, 0.2) is 140 Å². The summed E-state index contributed by atoms with van der Waals surface area (Å²) < 4.78 is 14.6. The van der Waals surface area contributed by atoms with Crippen molar-refractivity contribution in [3.63, 3.8) is 0 Å². The number of fused-ring (bicyclic) bond motifs is 2. The van der Waals surface area contributed by atoms with E-state index in [0.29, 0.717) is 68.2 Å². The molecule has 2 aromatic heterocycles. The number of nitrogens with zero attached hydrogens (tertiary/aromatic N) is 2. The van der Waals surface area contributed by atoms with Gasteiger partial charge in [-0.15, -0.1) is 0 Å². The van der Waals surface area contributed by atoms with E-state index in [9.17, 15) is 19.2 Å². The summed E-state index contributed by atoms with van der Waals surface area (Å²) in [6.07, 6.45) is 0. The molecule has 0 fully saturated rings. The summed E-state index contributed by atoms with van der Waals surface area (Å²) >= 11 is 12.0. The second-order valence-electron chi connectivity index (χ2n) is 14.9. The number of carbonyl (C=O) groups is 4. The molecule has 12 heteroatoms. The topological polar surface area (TPSA) is 121 Å². The number of hydrogen-bond acceptors (Lipinski definition) is 6. The van der Waals surface area contributed by atoms with Gasteiger partial charge in [0, 0.05) is 73.8 Å². The highest BCUT2D eigenvalue weighted by molar-refractivity contribution is 6.49. The molecule has 0 atom stereocenters. The smallest absolute Gasteiger partial charge is 0.296 e. The van der Waals surface area contributed by atoms with E-state index in [0.717, 1.165) is 38.8 Å². The van der Waals surface area contributed by atoms with E-state index < -0.39 is 23.4 Å². The first-order chi connectivity index (χ1) is 30.3. The highest BCUT2D eigenvalue weighted by atomic mass is 35.5. The minimum Gasteiger partial charge on any atom is -0.497 e. The maximum absolute atomic E-state index is 13.3. The van der Waals surface area contributed by atoms with E-state index in [1.165, 1.54) is 0 Å². The van der Waals surface area contributed by atoms with Crippen molar-refractivity contribution in [2.75, 3.05) is 24.9 Å². The lowest BCUT2D eigenvalue weighted by Crippen LogP contribution is -2.23. The molecule has 0 saturated carbocycles. The number of ether oxygens (including phenoxy) is 2.